The summed E-state index contributed by atoms with van der Waals surface area (Å²) in [6.45, 7) is 15.5. The van der Waals surface area contributed by atoms with Crippen LogP contribution >= 0.6 is 46.4 Å². The highest BCUT2D eigenvalue weighted by Gasteiger charge is 2.43. The third kappa shape index (κ3) is 16.4. The van der Waals surface area contributed by atoms with E-state index in [2.05, 4.69) is 27.2 Å². The lowest BCUT2D eigenvalue weighted by Crippen LogP contribution is -2.41. The molecule has 4 unspecified atom stereocenters. The van der Waals surface area contributed by atoms with E-state index in [1.807, 2.05) is 145 Å². The first kappa shape index (κ1) is 54.6. The normalized spacial score (nSPS) is 21.8. The molecule has 4 saturated heterocycles. The van der Waals surface area contributed by atoms with Gasteiger partial charge < -0.3 is 40.2 Å². The van der Waals surface area contributed by atoms with Gasteiger partial charge in [0.15, 0.2) is 44.2 Å². The molecule has 4 aromatic carbocycles. The summed E-state index contributed by atoms with van der Waals surface area (Å²) in [5.41, 5.74) is 7.09. The Hall–Kier alpha value is -6.36. The van der Waals surface area contributed by atoms with Gasteiger partial charge in [0.1, 0.15) is 0 Å². The van der Waals surface area contributed by atoms with Crippen LogP contribution in [0.15, 0.2) is 126 Å². The fraction of sp³-hybridized carbons (Fsp3) is 0.296. The maximum Gasteiger partial charge on any atom is 0.289 e. The highest BCUT2D eigenvalue weighted by Crippen LogP contribution is 2.34. The van der Waals surface area contributed by atoms with E-state index in [0.717, 1.165) is 27.8 Å². The van der Waals surface area contributed by atoms with Gasteiger partial charge in [-0.15, -0.1) is 12.3 Å². The second-order valence-corrected chi connectivity index (χ2v) is 21.1. The molecular formula is C54H56Cl4N4O8. The van der Waals surface area contributed by atoms with Crippen molar-refractivity contribution in [1.82, 2.24) is 21.3 Å². The zero-order valence-corrected chi connectivity index (χ0v) is 43.0. The van der Waals surface area contributed by atoms with Crippen molar-refractivity contribution in [2.75, 3.05) is 0 Å². The summed E-state index contributed by atoms with van der Waals surface area (Å²) in [7, 11) is 0. The van der Waals surface area contributed by atoms with Crippen LogP contribution in [-0.2, 0) is 38.1 Å². The molecule has 4 atom stereocenters. The lowest BCUT2D eigenvalue weighted by molar-refractivity contribution is -0.117. The molecule has 0 radical (unpaired) electrons. The molecule has 70 heavy (non-hydrogen) atoms. The molecule has 4 fully saturated rings. The van der Waals surface area contributed by atoms with Crippen LogP contribution in [0.25, 0.3) is 24.3 Å². The van der Waals surface area contributed by atoms with E-state index in [1.54, 1.807) is 38.2 Å². The number of hydrogen-bond acceptors (Lipinski definition) is 8. The molecule has 0 aliphatic carbocycles. The van der Waals surface area contributed by atoms with Crippen molar-refractivity contribution >= 4 is 94.3 Å². The summed E-state index contributed by atoms with van der Waals surface area (Å²) in [5.74, 6) is 2.54. The highest BCUT2D eigenvalue weighted by atomic mass is 35.5. The van der Waals surface area contributed by atoms with Crippen molar-refractivity contribution in [2.45, 2.75) is 95.4 Å². The minimum Gasteiger partial charge on any atom is -0.465 e. The Kier molecular flexibility index (Phi) is 18.7. The molecule has 4 amide bonds. The molecule has 0 bridgehead atoms. The van der Waals surface area contributed by atoms with Gasteiger partial charge in [0.05, 0.1) is 0 Å². The number of benzene rings is 4. The molecule has 16 heteroatoms. The van der Waals surface area contributed by atoms with Gasteiger partial charge in [-0.3, -0.25) is 19.2 Å². The van der Waals surface area contributed by atoms with Crippen LogP contribution in [0.5, 0.6) is 0 Å². The minimum absolute atomic E-state index is 0.0683. The van der Waals surface area contributed by atoms with E-state index >= 15 is 0 Å². The van der Waals surface area contributed by atoms with Crippen molar-refractivity contribution in [3.8, 4) is 12.3 Å². The zero-order valence-electron chi connectivity index (χ0n) is 40.0. The minimum atomic E-state index is -1.35. The topological polar surface area (TPSA) is 153 Å². The van der Waals surface area contributed by atoms with Crippen molar-refractivity contribution in [3.63, 3.8) is 0 Å². The van der Waals surface area contributed by atoms with E-state index in [1.165, 1.54) is 11.1 Å². The molecule has 0 spiro atoms. The molecule has 8 rings (SSSR count). The third-order valence-electron chi connectivity index (χ3n) is 10.2. The molecule has 368 valence electrons. The van der Waals surface area contributed by atoms with E-state index in [9.17, 15) is 19.2 Å². The van der Waals surface area contributed by atoms with Crippen LogP contribution < -0.4 is 21.3 Å². The van der Waals surface area contributed by atoms with Crippen LogP contribution in [0.1, 0.15) is 80.0 Å². The SMILES string of the molecule is C#CCC(Cl)(Cl)C1NC(=O)/C(=C/c2ccc(C)cc2)O1.CC(Cl)(Cl)C1NC(=O)/C(=C/c2ccccc2)O1.Cc1ccc(/C=C2\OC(C(C)(C)C)NC2=O)cc1.Cc1ccc(/C=C2\OC(C)NC2=O)cc1. The van der Waals surface area contributed by atoms with Crippen molar-refractivity contribution in [2.24, 2.45) is 5.41 Å². The molecular weight excluding hydrogens is 974 g/mol. The molecule has 4 N–H and O–H groups in total. The third-order valence-corrected chi connectivity index (χ3v) is 11.3. The van der Waals surface area contributed by atoms with Gasteiger partial charge in [-0.2, -0.15) is 0 Å². The highest BCUT2D eigenvalue weighted by molar-refractivity contribution is 6.49. The van der Waals surface area contributed by atoms with Crippen molar-refractivity contribution in [3.05, 3.63) is 165 Å². The van der Waals surface area contributed by atoms with Crippen LogP contribution in [-0.4, -0.2) is 57.2 Å². The maximum absolute atomic E-state index is 11.8. The van der Waals surface area contributed by atoms with Crippen LogP contribution in [0.3, 0.4) is 0 Å². The second-order valence-electron chi connectivity index (χ2n) is 17.8. The van der Waals surface area contributed by atoms with Gasteiger partial charge in [-0.1, -0.05) is 187 Å². The van der Waals surface area contributed by atoms with E-state index in [4.69, 9.17) is 71.8 Å². The molecule has 0 aromatic heterocycles. The number of terminal acetylenes is 1. The lowest BCUT2D eigenvalue weighted by atomic mass is 9.94. The lowest BCUT2D eigenvalue weighted by Gasteiger charge is -2.24. The first-order valence-corrected chi connectivity index (χ1v) is 23.6. The summed E-state index contributed by atoms with van der Waals surface area (Å²) in [6.07, 6.45) is 9.99. The molecule has 0 saturated carbocycles. The Morgan fingerprint density at radius 1 is 0.500 bits per heavy atom. The van der Waals surface area contributed by atoms with Gasteiger partial charge in [-0.25, -0.2) is 0 Å². The Balaban J connectivity index is 0.000000175. The summed E-state index contributed by atoms with van der Waals surface area (Å²) in [5, 5.41) is 10.7. The predicted octanol–water partition coefficient (Wildman–Crippen LogP) is 10.4. The molecule has 4 aliphatic rings. The Morgan fingerprint density at radius 2 is 0.829 bits per heavy atom. The predicted molar refractivity (Wildman–Crippen MR) is 277 cm³/mol. The Bertz CT molecular complexity index is 2660. The Labute approximate surface area is 429 Å². The van der Waals surface area contributed by atoms with Gasteiger partial charge in [0, 0.05) is 11.8 Å². The number of halogens is 4. The first-order chi connectivity index (χ1) is 32.9. The molecule has 4 aromatic rings. The second kappa shape index (κ2) is 24.0. The molecule has 4 aliphatic heterocycles. The smallest absolute Gasteiger partial charge is 0.289 e. The summed E-state index contributed by atoms with van der Waals surface area (Å²) >= 11 is 23.8. The monoisotopic (exact) mass is 1030 g/mol. The largest absolute Gasteiger partial charge is 0.465 e. The Morgan fingerprint density at radius 3 is 1.16 bits per heavy atom. The average Bonchev–Trinajstić information content (AvgIpc) is 4.06. The van der Waals surface area contributed by atoms with Gasteiger partial charge in [-0.05, 0) is 81.2 Å². The number of hydrogen-bond donors (Lipinski definition) is 4. The number of carbonyl (C=O) groups is 4. The number of nitrogens with one attached hydrogen (secondary N) is 4. The van der Waals surface area contributed by atoms with E-state index in [-0.39, 0.29) is 59.4 Å². The number of amides is 4. The number of ether oxygens (including phenoxy) is 4. The zero-order chi connectivity index (χ0) is 51.4. The van der Waals surface area contributed by atoms with Crippen LogP contribution in [0.2, 0.25) is 0 Å². The van der Waals surface area contributed by atoms with E-state index < -0.39 is 21.1 Å². The van der Waals surface area contributed by atoms with Gasteiger partial charge in [0.25, 0.3) is 23.6 Å². The quantitative estimate of drug-likeness (QED) is 0.0811. The van der Waals surface area contributed by atoms with Crippen LogP contribution in [0.4, 0.5) is 0 Å². The fourth-order valence-electron chi connectivity index (χ4n) is 6.31. The number of alkyl halides is 4. The number of aryl methyl sites for hydroxylation is 3. The van der Waals surface area contributed by atoms with Gasteiger partial charge in [0.2, 0.25) is 12.5 Å². The summed E-state index contributed by atoms with van der Waals surface area (Å²) in [4.78, 5) is 46.6. The standard InChI is InChI=1S/C15H13Cl2NO2.C15H19NO2.C12H11Cl2NO2.C12H13NO2/c1-3-8-15(16,17)14-18-13(19)12(20-14)9-11-6-4-10(2)5-7-11;1-10-5-7-11(8-6-10)9-12-13(17)16-14(18-12)15(2,3)4;1-12(13,14)11-15-10(16)9(17-11)7-8-5-3-2-4-6-8;1-8-3-5-10(6-4-8)7-11-12(14)13-9(2)15-11/h1,4-7,9,14H,8H2,2H3,(H,18,19);5-9,14H,1-4H3,(H,16,17);2-7,11H,1H3,(H,15,16);3-7,9H,1-2H3,(H,13,14)/b2*12-9-;9-7-;11-7-. The maximum atomic E-state index is 11.8. The van der Waals surface area contributed by atoms with Crippen LogP contribution in [0, 0.1) is 38.5 Å². The average molecular weight is 1030 g/mol. The number of carbonyl (C=O) groups excluding carboxylic acids is 4. The van der Waals surface area contributed by atoms with Gasteiger partial charge >= 0.3 is 0 Å². The summed E-state index contributed by atoms with van der Waals surface area (Å²) in [6, 6.07) is 33.0. The van der Waals surface area contributed by atoms with E-state index in [0.29, 0.717) is 11.5 Å². The molecule has 4 heterocycles. The summed E-state index contributed by atoms with van der Waals surface area (Å²) < 4.78 is 19.3. The fourth-order valence-corrected chi connectivity index (χ4v) is 6.87. The van der Waals surface area contributed by atoms with Crippen molar-refractivity contribution in [1.29, 1.82) is 0 Å². The first-order valence-electron chi connectivity index (χ1n) is 22.1. The van der Waals surface area contributed by atoms with Crippen molar-refractivity contribution < 1.29 is 38.1 Å². The molecule has 12 nitrogen and oxygen atoms in total. The number of rotatable bonds is 7.